The largest absolute Gasteiger partial charge is 0.435 e. The molecule has 0 aliphatic heterocycles. The van der Waals surface area contributed by atoms with Gasteiger partial charge in [-0.1, -0.05) is 30.3 Å². The van der Waals surface area contributed by atoms with Crippen molar-refractivity contribution in [2.75, 3.05) is 0 Å². The Balaban J connectivity index is 1.65. The zero-order valence-electron chi connectivity index (χ0n) is 13.6. The molecule has 1 N–H and O–H groups in total. The molecule has 0 radical (unpaired) electrons. The van der Waals surface area contributed by atoms with Crippen LogP contribution < -0.4 is 15.6 Å². The van der Waals surface area contributed by atoms with Crippen molar-refractivity contribution in [2.45, 2.75) is 19.7 Å². The van der Waals surface area contributed by atoms with Crippen molar-refractivity contribution in [1.82, 2.24) is 15.1 Å². The summed E-state index contributed by atoms with van der Waals surface area (Å²) in [4.78, 5) is 24.4. The summed E-state index contributed by atoms with van der Waals surface area (Å²) in [6.45, 7) is -3.04. The molecule has 134 valence electrons. The molecule has 0 saturated carbocycles. The molecule has 0 atom stereocenters. The molecule has 0 unspecified atom stereocenters. The second-order valence-electron chi connectivity index (χ2n) is 5.50. The van der Waals surface area contributed by atoms with Gasteiger partial charge in [0.25, 0.3) is 5.56 Å². The highest BCUT2D eigenvalue weighted by Crippen LogP contribution is 2.15. The molecule has 0 fully saturated rings. The van der Waals surface area contributed by atoms with E-state index in [0.29, 0.717) is 16.3 Å². The van der Waals surface area contributed by atoms with Gasteiger partial charge < -0.3 is 10.1 Å². The molecule has 0 spiro atoms. The fraction of sp³-hybridized carbons (Fsp3) is 0.167. The molecule has 0 aliphatic rings. The van der Waals surface area contributed by atoms with Crippen LogP contribution in [0.25, 0.3) is 10.8 Å². The molecule has 26 heavy (non-hydrogen) atoms. The van der Waals surface area contributed by atoms with Gasteiger partial charge in [0.15, 0.2) is 0 Å². The zero-order valence-corrected chi connectivity index (χ0v) is 13.6. The maximum absolute atomic E-state index is 12.3. The summed E-state index contributed by atoms with van der Waals surface area (Å²) < 4.78 is 29.8. The van der Waals surface area contributed by atoms with Crippen molar-refractivity contribution in [3.05, 3.63) is 70.6 Å². The van der Waals surface area contributed by atoms with Gasteiger partial charge in [-0.3, -0.25) is 9.59 Å². The number of nitrogens with zero attached hydrogens (tertiary/aromatic N) is 2. The standard InChI is InChI=1S/C18H15F2N3O3/c19-18(20)26-14-6-3-4-12(8-14)9-21-16(24)11-23-17(25)15-7-2-1-5-13(15)10-22-23/h1-8,10,18H,9,11H2,(H,21,24). The van der Waals surface area contributed by atoms with Gasteiger partial charge in [-0.15, -0.1) is 0 Å². The third-order valence-electron chi connectivity index (χ3n) is 3.67. The number of carbonyl (C=O) groups excluding carboxylic acids is 1. The number of hydrogen-bond donors (Lipinski definition) is 1. The van der Waals surface area contributed by atoms with Gasteiger partial charge in [-0.2, -0.15) is 13.9 Å². The molecule has 8 heteroatoms. The topological polar surface area (TPSA) is 73.2 Å². The van der Waals surface area contributed by atoms with Crippen LogP contribution in [-0.4, -0.2) is 22.3 Å². The van der Waals surface area contributed by atoms with Gasteiger partial charge in [0, 0.05) is 11.9 Å². The van der Waals surface area contributed by atoms with E-state index in [-0.39, 0.29) is 24.4 Å². The van der Waals surface area contributed by atoms with Crippen LogP contribution in [0.1, 0.15) is 5.56 Å². The Morgan fingerprint density at radius 3 is 2.81 bits per heavy atom. The van der Waals surface area contributed by atoms with Crippen molar-refractivity contribution in [3.63, 3.8) is 0 Å². The minimum absolute atomic E-state index is 0.0131. The summed E-state index contributed by atoms with van der Waals surface area (Å²) in [5, 5.41) is 7.79. The fourth-order valence-corrected chi connectivity index (χ4v) is 2.46. The third-order valence-corrected chi connectivity index (χ3v) is 3.67. The second-order valence-corrected chi connectivity index (χ2v) is 5.50. The van der Waals surface area contributed by atoms with Crippen molar-refractivity contribution in [3.8, 4) is 5.75 Å². The predicted molar refractivity (Wildman–Crippen MR) is 90.9 cm³/mol. The number of benzene rings is 2. The van der Waals surface area contributed by atoms with Crippen molar-refractivity contribution >= 4 is 16.7 Å². The maximum atomic E-state index is 12.3. The van der Waals surface area contributed by atoms with E-state index in [9.17, 15) is 18.4 Å². The number of fused-ring (bicyclic) bond motifs is 1. The quantitative estimate of drug-likeness (QED) is 0.733. The Labute approximate surface area is 147 Å². The zero-order chi connectivity index (χ0) is 18.5. The number of alkyl halides is 2. The summed E-state index contributed by atoms with van der Waals surface area (Å²) in [5.41, 5.74) is 0.237. The molecule has 1 aromatic heterocycles. The minimum atomic E-state index is -2.91. The number of amides is 1. The van der Waals surface area contributed by atoms with Crippen LogP contribution in [-0.2, 0) is 17.9 Å². The summed E-state index contributed by atoms with van der Waals surface area (Å²) in [6.07, 6.45) is 1.52. The normalized spacial score (nSPS) is 10.9. The predicted octanol–water partition coefficient (Wildman–Crippen LogP) is 2.31. The summed E-state index contributed by atoms with van der Waals surface area (Å²) in [5.74, 6) is -0.408. The molecule has 1 heterocycles. The van der Waals surface area contributed by atoms with Gasteiger partial charge in [0.05, 0.1) is 11.6 Å². The van der Waals surface area contributed by atoms with E-state index < -0.39 is 12.5 Å². The SMILES string of the molecule is O=C(Cn1ncc2ccccc2c1=O)NCc1cccc(OC(F)F)c1. The lowest BCUT2D eigenvalue weighted by molar-refractivity contribution is -0.122. The molecule has 2 aromatic carbocycles. The first kappa shape index (κ1) is 17.5. The molecule has 1 amide bonds. The molecule has 0 aliphatic carbocycles. The van der Waals surface area contributed by atoms with Crippen LogP contribution in [0.4, 0.5) is 8.78 Å². The van der Waals surface area contributed by atoms with E-state index in [0.717, 1.165) is 4.68 Å². The highest BCUT2D eigenvalue weighted by atomic mass is 19.3. The first-order valence-corrected chi connectivity index (χ1v) is 7.78. The Morgan fingerprint density at radius 1 is 1.19 bits per heavy atom. The van der Waals surface area contributed by atoms with Crippen LogP contribution in [0.2, 0.25) is 0 Å². The Bertz CT molecular complexity index is 989. The Kier molecular flexibility index (Phi) is 5.21. The lowest BCUT2D eigenvalue weighted by Gasteiger charge is -2.09. The Morgan fingerprint density at radius 2 is 2.00 bits per heavy atom. The van der Waals surface area contributed by atoms with Crippen molar-refractivity contribution < 1.29 is 18.3 Å². The van der Waals surface area contributed by atoms with Crippen LogP contribution in [0.3, 0.4) is 0 Å². The summed E-state index contributed by atoms with van der Waals surface area (Å²) in [7, 11) is 0. The van der Waals surface area contributed by atoms with E-state index in [2.05, 4.69) is 15.2 Å². The first-order valence-electron chi connectivity index (χ1n) is 7.78. The molecule has 6 nitrogen and oxygen atoms in total. The average Bonchev–Trinajstić information content (AvgIpc) is 2.62. The molecule has 3 rings (SSSR count). The third kappa shape index (κ3) is 4.21. The number of rotatable bonds is 6. The lowest BCUT2D eigenvalue weighted by Crippen LogP contribution is -2.33. The van der Waals surface area contributed by atoms with Gasteiger partial charge in [-0.05, 0) is 23.8 Å². The summed E-state index contributed by atoms with van der Waals surface area (Å²) >= 11 is 0. The molecule has 0 saturated heterocycles. The van der Waals surface area contributed by atoms with Crippen LogP contribution >= 0.6 is 0 Å². The number of hydrogen-bond acceptors (Lipinski definition) is 4. The first-order chi connectivity index (χ1) is 12.5. The number of aromatic nitrogens is 2. The van der Waals surface area contributed by atoms with E-state index in [1.807, 2.05) is 0 Å². The van der Waals surface area contributed by atoms with Crippen LogP contribution in [0.5, 0.6) is 5.75 Å². The van der Waals surface area contributed by atoms with Crippen molar-refractivity contribution in [1.29, 1.82) is 0 Å². The van der Waals surface area contributed by atoms with Crippen molar-refractivity contribution in [2.24, 2.45) is 0 Å². The Hall–Kier alpha value is -3.29. The number of nitrogens with one attached hydrogen (secondary N) is 1. The highest BCUT2D eigenvalue weighted by molar-refractivity contribution is 5.81. The number of carbonyl (C=O) groups is 1. The van der Waals surface area contributed by atoms with E-state index >= 15 is 0 Å². The fourth-order valence-electron chi connectivity index (χ4n) is 2.46. The monoisotopic (exact) mass is 359 g/mol. The number of halogens is 2. The van der Waals surface area contributed by atoms with Gasteiger partial charge in [0.1, 0.15) is 12.3 Å². The lowest BCUT2D eigenvalue weighted by atomic mass is 10.2. The van der Waals surface area contributed by atoms with Crippen LogP contribution in [0, 0.1) is 0 Å². The minimum Gasteiger partial charge on any atom is -0.435 e. The van der Waals surface area contributed by atoms with E-state index in [4.69, 9.17) is 0 Å². The molecule has 3 aromatic rings. The second kappa shape index (κ2) is 7.73. The molecular weight excluding hydrogens is 344 g/mol. The van der Waals surface area contributed by atoms with E-state index in [1.165, 1.54) is 18.3 Å². The van der Waals surface area contributed by atoms with Crippen LogP contribution in [0.15, 0.2) is 59.5 Å². The highest BCUT2D eigenvalue weighted by Gasteiger charge is 2.09. The molecule has 0 bridgehead atoms. The van der Waals surface area contributed by atoms with E-state index in [1.54, 1.807) is 36.4 Å². The maximum Gasteiger partial charge on any atom is 0.387 e. The van der Waals surface area contributed by atoms with Gasteiger partial charge >= 0.3 is 6.61 Å². The average molecular weight is 359 g/mol. The molecular formula is C18H15F2N3O3. The summed E-state index contributed by atoms with van der Waals surface area (Å²) in [6, 6.07) is 13.0. The smallest absolute Gasteiger partial charge is 0.387 e. The number of ether oxygens (including phenoxy) is 1. The van der Waals surface area contributed by atoms with Gasteiger partial charge in [0.2, 0.25) is 5.91 Å². The van der Waals surface area contributed by atoms with Gasteiger partial charge in [-0.25, -0.2) is 4.68 Å².